The lowest BCUT2D eigenvalue weighted by Crippen LogP contribution is -2.44. The van der Waals surface area contributed by atoms with E-state index in [9.17, 15) is 14.4 Å². The molecule has 6 nitrogen and oxygen atoms in total. The van der Waals surface area contributed by atoms with E-state index in [-0.39, 0.29) is 30.3 Å². The first-order valence-electron chi connectivity index (χ1n) is 12.8. The van der Waals surface area contributed by atoms with Gasteiger partial charge >= 0.3 is 11.9 Å². The van der Waals surface area contributed by atoms with Gasteiger partial charge in [-0.2, -0.15) is 0 Å². The van der Waals surface area contributed by atoms with Crippen LogP contribution in [0.2, 0.25) is 0 Å². The average molecular weight is 454 g/mol. The van der Waals surface area contributed by atoms with Crippen LogP contribution >= 0.6 is 0 Å². The van der Waals surface area contributed by atoms with E-state index in [4.69, 9.17) is 9.47 Å². The summed E-state index contributed by atoms with van der Waals surface area (Å²) in [6, 6.07) is 6.57. The number of hydrogen-bond donors (Lipinski definition) is 1. The number of carbonyl (C=O) groups excluding carboxylic acids is 3. The third-order valence-corrected chi connectivity index (χ3v) is 8.36. The third kappa shape index (κ3) is 4.80. The number of rotatable bonds is 8. The van der Waals surface area contributed by atoms with Gasteiger partial charge < -0.3 is 14.8 Å². The van der Waals surface area contributed by atoms with Crippen molar-refractivity contribution in [2.75, 3.05) is 6.61 Å². The highest BCUT2D eigenvalue weighted by molar-refractivity contribution is 5.88. The second kappa shape index (κ2) is 9.47. The van der Waals surface area contributed by atoms with E-state index >= 15 is 0 Å². The van der Waals surface area contributed by atoms with E-state index in [1.54, 1.807) is 19.1 Å². The summed E-state index contributed by atoms with van der Waals surface area (Å²) < 4.78 is 10.9. The second-order valence-electron chi connectivity index (χ2n) is 10.4. The maximum Gasteiger partial charge on any atom is 0.328 e. The van der Waals surface area contributed by atoms with E-state index < -0.39 is 12.0 Å². The van der Waals surface area contributed by atoms with Gasteiger partial charge in [0.2, 0.25) is 5.91 Å². The highest BCUT2D eigenvalue weighted by atomic mass is 16.5. The topological polar surface area (TPSA) is 81.7 Å². The average Bonchev–Trinajstić information content (AvgIpc) is 3.72. The largest absolute Gasteiger partial charge is 0.464 e. The standard InChI is InChI=1S/C27H35NO5/c1-2-32-26(30)22(28-25(29)23-18-7-3-4-8-19(18)23)15-16-11-13-17(14-12-16)33-27(31)24-20-9-5-6-10-21(20)24/h11-14,18-24H,2-10,15H2,1H3,(H,28,29)/t18-,19-,20-,21+,22-,24?/m0/s1. The van der Waals surface area contributed by atoms with E-state index in [0.717, 1.165) is 31.2 Å². The molecule has 0 heterocycles. The van der Waals surface area contributed by atoms with Crippen LogP contribution in [-0.2, 0) is 25.5 Å². The first kappa shape index (κ1) is 22.4. The van der Waals surface area contributed by atoms with Crippen molar-refractivity contribution in [2.24, 2.45) is 35.5 Å². The first-order chi connectivity index (χ1) is 16.1. The van der Waals surface area contributed by atoms with Gasteiger partial charge in [-0.25, -0.2) is 4.79 Å². The van der Waals surface area contributed by atoms with E-state index in [1.165, 1.54) is 25.7 Å². The molecule has 33 heavy (non-hydrogen) atoms. The van der Waals surface area contributed by atoms with Crippen LogP contribution in [0.15, 0.2) is 24.3 Å². The number of nitrogens with one attached hydrogen (secondary N) is 1. The molecule has 5 rings (SSSR count). The third-order valence-electron chi connectivity index (χ3n) is 8.36. The molecule has 0 bridgehead atoms. The van der Waals surface area contributed by atoms with E-state index in [0.29, 0.717) is 35.8 Å². The zero-order chi connectivity index (χ0) is 22.9. The summed E-state index contributed by atoms with van der Waals surface area (Å²) in [5, 5.41) is 2.97. The molecule has 0 spiro atoms. The zero-order valence-electron chi connectivity index (χ0n) is 19.5. The minimum Gasteiger partial charge on any atom is -0.464 e. The molecule has 1 aromatic carbocycles. The molecule has 1 N–H and O–H groups in total. The van der Waals surface area contributed by atoms with Gasteiger partial charge in [0.15, 0.2) is 0 Å². The molecule has 1 amide bonds. The summed E-state index contributed by atoms with van der Waals surface area (Å²) in [6.45, 7) is 2.04. The molecule has 0 aromatic heterocycles. The molecule has 1 aromatic rings. The van der Waals surface area contributed by atoms with Crippen LogP contribution in [-0.4, -0.2) is 30.5 Å². The normalized spacial score (nSPS) is 32.5. The minimum atomic E-state index is -0.705. The maximum atomic E-state index is 12.9. The zero-order valence-corrected chi connectivity index (χ0v) is 19.5. The number of amides is 1. The first-order valence-corrected chi connectivity index (χ1v) is 12.8. The Bertz CT molecular complexity index is 872. The van der Waals surface area contributed by atoms with E-state index in [1.807, 2.05) is 12.1 Å². The molecule has 1 unspecified atom stereocenters. The molecule has 4 aliphatic rings. The van der Waals surface area contributed by atoms with Crippen molar-refractivity contribution >= 4 is 17.8 Å². The molecular formula is C27H35NO5. The fraction of sp³-hybridized carbons (Fsp3) is 0.667. The van der Waals surface area contributed by atoms with Gasteiger partial charge in [-0.15, -0.1) is 0 Å². The Morgan fingerprint density at radius 2 is 1.42 bits per heavy atom. The Balaban J connectivity index is 1.17. The highest BCUT2D eigenvalue weighted by Gasteiger charge is 2.56. The fourth-order valence-corrected chi connectivity index (χ4v) is 6.54. The van der Waals surface area contributed by atoms with Crippen LogP contribution in [0.4, 0.5) is 0 Å². The molecule has 0 saturated heterocycles. The highest BCUT2D eigenvalue weighted by Crippen LogP contribution is 2.56. The summed E-state index contributed by atoms with van der Waals surface area (Å²) in [6.07, 6.45) is 9.73. The lowest BCUT2D eigenvalue weighted by Gasteiger charge is -2.18. The lowest BCUT2D eigenvalue weighted by atomic mass is 10.0. The Morgan fingerprint density at radius 3 is 1.97 bits per heavy atom. The summed E-state index contributed by atoms with van der Waals surface area (Å²) >= 11 is 0. The van der Waals surface area contributed by atoms with Gasteiger partial charge in [-0.1, -0.05) is 37.8 Å². The van der Waals surface area contributed by atoms with Gasteiger partial charge in [0.05, 0.1) is 12.5 Å². The van der Waals surface area contributed by atoms with Crippen LogP contribution in [0.3, 0.4) is 0 Å². The van der Waals surface area contributed by atoms with Gasteiger partial charge in [-0.3, -0.25) is 9.59 Å². The number of ether oxygens (including phenoxy) is 2. The van der Waals surface area contributed by atoms with Crippen LogP contribution in [0.1, 0.15) is 63.9 Å². The Morgan fingerprint density at radius 1 is 0.879 bits per heavy atom. The van der Waals surface area contributed by atoms with Crippen molar-refractivity contribution in [2.45, 2.75) is 70.8 Å². The van der Waals surface area contributed by atoms with Gasteiger partial charge in [0, 0.05) is 12.3 Å². The number of carbonyl (C=O) groups is 3. The van der Waals surface area contributed by atoms with Crippen molar-refractivity contribution < 1.29 is 23.9 Å². The summed E-state index contributed by atoms with van der Waals surface area (Å²) in [5.41, 5.74) is 0.890. The monoisotopic (exact) mass is 453 g/mol. The molecule has 6 atom stereocenters. The second-order valence-corrected chi connectivity index (χ2v) is 10.4. The molecule has 4 aliphatic carbocycles. The van der Waals surface area contributed by atoms with Crippen LogP contribution in [0.5, 0.6) is 5.75 Å². The summed E-state index contributed by atoms with van der Waals surface area (Å²) in [4.78, 5) is 37.9. The Hall–Kier alpha value is -2.37. The SMILES string of the molecule is CCOC(=O)[C@H](Cc1ccc(OC(=O)C2[C@H]3CCCC[C@@H]23)cc1)NC(=O)C1[C@H]2CCCC[C@H]12. The van der Waals surface area contributed by atoms with Crippen molar-refractivity contribution in [3.8, 4) is 5.75 Å². The smallest absolute Gasteiger partial charge is 0.328 e. The van der Waals surface area contributed by atoms with Crippen molar-refractivity contribution in [1.29, 1.82) is 0 Å². The predicted octanol–water partition coefficient (Wildman–Crippen LogP) is 4.05. The molecule has 6 heteroatoms. The van der Waals surface area contributed by atoms with E-state index in [2.05, 4.69) is 5.32 Å². The van der Waals surface area contributed by atoms with Crippen molar-refractivity contribution in [3.05, 3.63) is 29.8 Å². The molecular weight excluding hydrogens is 418 g/mol. The van der Waals surface area contributed by atoms with Crippen molar-refractivity contribution in [1.82, 2.24) is 5.32 Å². The number of esters is 2. The maximum absolute atomic E-state index is 12.9. The molecule has 4 saturated carbocycles. The number of fused-ring (bicyclic) bond motifs is 2. The summed E-state index contributed by atoms with van der Waals surface area (Å²) in [7, 11) is 0. The molecule has 0 aliphatic heterocycles. The molecule has 4 fully saturated rings. The number of hydrogen-bond acceptors (Lipinski definition) is 5. The fourth-order valence-electron chi connectivity index (χ4n) is 6.54. The molecule has 178 valence electrons. The summed E-state index contributed by atoms with van der Waals surface area (Å²) in [5.74, 6) is 2.16. The van der Waals surface area contributed by atoms with Crippen LogP contribution in [0, 0.1) is 35.5 Å². The quantitative estimate of drug-likeness (QED) is 0.474. The van der Waals surface area contributed by atoms with Gasteiger partial charge in [0.25, 0.3) is 0 Å². The van der Waals surface area contributed by atoms with Crippen LogP contribution in [0.25, 0.3) is 0 Å². The Kier molecular flexibility index (Phi) is 6.44. The van der Waals surface area contributed by atoms with Crippen molar-refractivity contribution in [3.63, 3.8) is 0 Å². The molecule has 0 radical (unpaired) electrons. The Labute approximate surface area is 195 Å². The van der Waals surface area contributed by atoms with Crippen LogP contribution < -0.4 is 10.1 Å². The van der Waals surface area contributed by atoms with Gasteiger partial charge in [-0.05, 0) is 74.0 Å². The number of benzene rings is 1. The lowest BCUT2D eigenvalue weighted by molar-refractivity contribution is -0.147. The predicted molar refractivity (Wildman–Crippen MR) is 122 cm³/mol. The van der Waals surface area contributed by atoms with Gasteiger partial charge in [0.1, 0.15) is 11.8 Å². The minimum absolute atomic E-state index is 0.0126.